The molecule has 1 fully saturated rings. The molecule has 7 rings (SSSR count). The third kappa shape index (κ3) is 4.32. The molecule has 2 atom stereocenters. The summed E-state index contributed by atoms with van der Waals surface area (Å²) in [5, 5.41) is 3.45. The standard InChI is InChI=1S/C36H34O4Si.2CH3.Hf/c1-37-27-13-25(14-28(19-27)38-2)33-11-7-9-23-17-31(21-35(23)33)41(5,6)32-18-24-10-8-12-34(36(24)22-32)26-15-29(39-3)20-30(16-26)40-4;;;/h7-22H,1-6H3;2*1H3;. The van der Waals surface area contributed by atoms with Crippen molar-refractivity contribution in [1.29, 1.82) is 0 Å². The molecule has 0 radical (unpaired) electrons. The fourth-order valence-corrected chi connectivity index (χ4v) is 40.3. The second-order valence-corrected chi connectivity index (χ2v) is 35.0. The van der Waals surface area contributed by atoms with Crippen molar-refractivity contribution in [3.63, 3.8) is 0 Å². The van der Waals surface area contributed by atoms with Crippen LogP contribution in [0.25, 0.3) is 34.4 Å². The van der Waals surface area contributed by atoms with Gasteiger partial charge >= 0.3 is 268 Å². The first-order valence-electron chi connectivity index (χ1n) is 15.3. The summed E-state index contributed by atoms with van der Waals surface area (Å²) in [6, 6.07) is 26.3. The third-order valence-electron chi connectivity index (χ3n) is 10.4. The van der Waals surface area contributed by atoms with E-state index in [1.165, 1.54) is 33.4 Å². The van der Waals surface area contributed by atoms with Gasteiger partial charge in [-0.3, -0.25) is 0 Å². The molecule has 0 N–H and O–H groups in total. The van der Waals surface area contributed by atoms with Crippen LogP contribution in [-0.4, -0.2) is 36.5 Å². The van der Waals surface area contributed by atoms with Crippen molar-refractivity contribution in [3.05, 3.63) is 105 Å². The van der Waals surface area contributed by atoms with Gasteiger partial charge in [-0.2, -0.15) is 0 Å². The molecule has 224 valence electrons. The molecule has 0 amide bonds. The van der Waals surface area contributed by atoms with Crippen LogP contribution in [0.4, 0.5) is 0 Å². The zero-order chi connectivity index (χ0) is 31.0. The molecule has 1 heterocycles. The summed E-state index contributed by atoms with van der Waals surface area (Å²) in [6.07, 6.45) is 5.20. The Kier molecular flexibility index (Phi) is 7.09. The first-order chi connectivity index (χ1) is 21.1. The number of allylic oxidation sites excluding steroid dienone is 2. The van der Waals surface area contributed by atoms with Crippen molar-refractivity contribution < 1.29 is 38.9 Å². The SMILES string of the molecule is COc1cc(OC)cc(-c2cccc3c2C=C2[CH]3[Hf]([CH3])([CH3])[CH]3C(=Cc4c(-c5cc(OC)cc(OC)c5)cccc43)[Si]2(C)C)c1. The number of ether oxygens (including phenoxy) is 4. The number of hydrogen-bond acceptors (Lipinski definition) is 4. The van der Waals surface area contributed by atoms with Crippen LogP contribution in [0.15, 0.2) is 83.2 Å². The zero-order valence-electron chi connectivity index (χ0n) is 26.9. The number of rotatable bonds is 6. The molecule has 4 aromatic carbocycles. The molecule has 0 saturated carbocycles. The number of fused-ring (bicyclic) bond motifs is 6. The third-order valence-corrected chi connectivity index (χ3v) is 31.4. The molecular formula is C38H40HfO4Si. The minimum atomic E-state index is -3.13. The van der Waals surface area contributed by atoms with Gasteiger partial charge in [-0.25, -0.2) is 0 Å². The van der Waals surface area contributed by atoms with Crippen molar-refractivity contribution in [2.24, 2.45) is 0 Å². The average Bonchev–Trinajstić information content (AvgIpc) is 3.65. The summed E-state index contributed by atoms with van der Waals surface area (Å²) < 4.78 is 29.2. The zero-order valence-corrected chi connectivity index (χ0v) is 31.5. The summed E-state index contributed by atoms with van der Waals surface area (Å²) >= 11 is -3.13. The second-order valence-electron chi connectivity index (χ2n) is 13.3. The van der Waals surface area contributed by atoms with E-state index in [0.29, 0.717) is 7.35 Å². The number of hydrogen-bond donors (Lipinski definition) is 0. The number of benzene rings is 4. The Morgan fingerprint density at radius 1 is 0.545 bits per heavy atom. The van der Waals surface area contributed by atoms with Gasteiger partial charge in [-0.1, -0.05) is 0 Å². The number of methoxy groups -OCH3 is 4. The van der Waals surface area contributed by atoms with Gasteiger partial charge in [0.2, 0.25) is 0 Å². The Hall–Kier alpha value is -3.35. The van der Waals surface area contributed by atoms with Crippen LogP contribution in [0.1, 0.15) is 29.6 Å². The van der Waals surface area contributed by atoms with Crippen molar-refractivity contribution >= 4 is 20.2 Å². The van der Waals surface area contributed by atoms with E-state index in [9.17, 15) is 0 Å². The predicted molar refractivity (Wildman–Crippen MR) is 181 cm³/mol. The molecule has 1 saturated heterocycles. The Labute approximate surface area is 266 Å². The molecular weight excluding hydrogens is 727 g/mol. The predicted octanol–water partition coefficient (Wildman–Crippen LogP) is 9.68. The van der Waals surface area contributed by atoms with Gasteiger partial charge in [-0.05, 0) is 0 Å². The molecule has 0 bridgehead atoms. The maximum absolute atomic E-state index is 5.65. The summed E-state index contributed by atoms with van der Waals surface area (Å²) in [5.74, 6) is 3.26. The van der Waals surface area contributed by atoms with E-state index >= 15 is 0 Å². The van der Waals surface area contributed by atoms with E-state index < -0.39 is 28.0 Å². The van der Waals surface area contributed by atoms with Crippen LogP contribution >= 0.6 is 0 Å². The molecule has 3 aliphatic rings. The topological polar surface area (TPSA) is 36.9 Å². The van der Waals surface area contributed by atoms with E-state index in [-0.39, 0.29) is 0 Å². The quantitative estimate of drug-likeness (QED) is 0.183. The first kappa shape index (κ1) is 29.4. The van der Waals surface area contributed by atoms with Crippen LogP contribution in [0.2, 0.25) is 22.5 Å². The molecule has 2 unspecified atom stereocenters. The molecule has 6 heteroatoms. The van der Waals surface area contributed by atoms with Gasteiger partial charge in [0.05, 0.1) is 0 Å². The summed E-state index contributed by atoms with van der Waals surface area (Å²) in [6.45, 7) is 5.18. The van der Waals surface area contributed by atoms with Gasteiger partial charge in [0.25, 0.3) is 0 Å². The van der Waals surface area contributed by atoms with E-state index in [2.05, 4.69) is 95.3 Å². The Morgan fingerprint density at radius 2 is 0.909 bits per heavy atom. The second kappa shape index (κ2) is 10.6. The molecule has 4 aromatic rings. The van der Waals surface area contributed by atoms with Crippen molar-refractivity contribution in [2.75, 3.05) is 28.4 Å². The van der Waals surface area contributed by atoms with Crippen LogP contribution in [0, 0.1) is 0 Å². The molecule has 0 aromatic heterocycles. The fourth-order valence-electron chi connectivity index (χ4n) is 8.25. The van der Waals surface area contributed by atoms with Crippen molar-refractivity contribution in [1.82, 2.24) is 0 Å². The fraction of sp³-hybridized carbons (Fsp3) is 0.263. The van der Waals surface area contributed by atoms with Crippen LogP contribution in [0.5, 0.6) is 23.0 Å². The maximum atomic E-state index is 5.65. The Bertz CT molecular complexity index is 1710. The monoisotopic (exact) mass is 768 g/mol. The van der Waals surface area contributed by atoms with E-state index in [0.717, 1.165) is 34.1 Å². The normalized spacial score (nSPS) is 20.0. The Morgan fingerprint density at radius 3 is 1.25 bits per heavy atom. The summed E-state index contributed by atoms with van der Waals surface area (Å²) in [5.41, 5.74) is 10.7. The summed E-state index contributed by atoms with van der Waals surface area (Å²) in [7, 11) is 4.90. The molecule has 44 heavy (non-hydrogen) atoms. The van der Waals surface area contributed by atoms with Gasteiger partial charge in [0.15, 0.2) is 0 Å². The van der Waals surface area contributed by atoms with Crippen LogP contribution in [0.3, 0.4) is 0 Å². The molecule has 2 aliphatic carbocycles. The Balaban J connectivity index is 1.40. The van der Waals surface area contributed by atoms with Gasteiger partial charge in [0, 0.05) is 0 Å². The van der Waals surface area contributed by atoms with Gasteiger partial charge in [0.1, 0.15) is 0 Å². The van der Waals surface area contributed by atoms with Crippen molar-refractivity contribution in [3.8, 4) is 45.3 Å². The molecule has 0 spiro atoms. The molecule has 4 nitrogen and oxygen atoms in total. The van der Waals surface area contributed by atoms with Crippen LogP contribution in [-0.2, 0) is 20.0 Å². The molecule has 1 aliphatic heterocycles. The van der Waals surface area contributed by atoms with Crippen molar-refractivity contribution in [2.45, 2.75) is 29.8 Å². The summed E-state index contributed by atoms with van der Waals surface area (Å²) in [4.78, 5) is 0. The van der Waals surface area contributed by atoms with E-state index in [4.69, 9.17) is 18.9 Å². The first-order valence-corrected chi connectivity index (χ1v) is 29.6. The van der Waals surface area contributed by atoms with Gasteiger partial charge < -0.3 is 0 Å². The van der Waals surface area contributed by atoms with E-state index in [1.54, 1.807) is 38.8 Å². The van der Waals surface area contributed by atoms with Crippen LogP contribution < -0.4 is 18.9 Å². The average molecular weight is 767 g/mol. The van der Waals surface area contributed by atoms with E-state index in [1.807, 2.05) is 12.1 Å². The van der Waals surface area contributed by atoms with Gasteiger partial charge in [-0.15, -0.1) is 0 Å². The minimum absolute atomic E-state index is 0.570.